The Hall–Kier alpha value is -4.13. The van der Waals surface area contributed by atoms with Crippen molar-refractivity contribution in [2.75, 3.05) is 5.32 Å². The van der Waals surface area contributed by atoms with Crippen LogP contribution in [0.5, 0.6) is 0 Å². The Morgan fingerprint density at radius 3 is 2.03 bits per heavy atom. The van der Waals surface area contributed by atoms with Crippen LogP contribution in [0.25, 0.3) is 0 Å². The van der Waals surface area contributed by atoms with E-state index in [0.29, 0.717) is 5.56 Å². The first-order valence-corrected chi connectivity index (χ1v) is 8.76. The zero-order valence-corrected chi connectivity index (χ0v) is 15.3. The largest absolute Gasteiger partial charge is 0.321 e. The molecule has 0 bridgehead atoms. The molecule has 1 aliphatic rings. The number of hydrogen-bond donors (Lipinski definition) is 1. The maximum atomic E-state index is 13.1. The molecule has 0 atom stereocenters. The Balaban J connectivity index is 1.86. The predicted molar refractivity (Wildman–Crippen MR) is 106 cm³/mol. The number of nitro groups is 1. The van der Waals surface area contributed by atoms with E-state index in [1.54, 1.807) is 36.4 Å². The second-order valence-corrected chi connectivity index (χ2v) is 6.66. The Bertz CT molecular complexity index is 1210. The smallest absolute Gasteiger partial charge is 0.281 e. The number of carbonyl (C=O) groups is 3. The van der Waals surface area contributed by atoms with Crippen molar-refractivity contribution in [1.29, 1.82) is 0 Å². The molecule has 0 unspecified atom stereocenters. The van der Waals surface area contributed by atoms with Crippen molar-refractivity contribution >= 4 is 28.8 Å². The highest BCUT2D eigenvalue weighted by Crippen LogP contribution is 2.37. The first-order chi connectivity index (χ1) is 13.9. The average Bonchev–Trinajstić information content (AvgIpc) is 2.72. The standard InChI is InChI=1S/C22H14N2O5/c1-12-6-8-13(9-7-12)22(27)23-16-10-11-17(24(28)29)19-18(16)20(25)14-4-2-3-5-15(14)21(19)26/h2-11H,1H3,(H,23,27). The summed E-state index contributed by atoms with van der Waals surface area (Å²) in [4.78, 5) is 49.4. The first kappa shape index (κ1) is 18.2. The van der Waals surface area contributed by atoms with Gasteiger partial charge in [0.2, 0.25) is 5.78 Å². The number of nitrogens with one attached hydrogen (secondary N) is 1. The van der Waals surface area contributed by atoms with Gasteiger partial charge in [-0.05, 0) is 25.1 Å². The van der Waals surface area contributed by atoms with E-state index in [0.717, 1.165) is 11.6 Å². The summed E-state index contributed by atoms with van der Waals surface area (Å²) in [7, 11) is 0. The number of benzene rings is 3. The molecule has 0 spiro atoms. The molecule has 1 aliphatic carbocycles. The molecule has 3 aromatic rings. The lowest BCUT2D eigenvalue weighted by Crippen LogP contribution is -2.25. The van der Waals surface area contributed by atoms with Crippen LogP contribution in [0, 0.1) is 17.0 Å². The quantitative estimate of drug-likeness (QED) is 0.424. The van der Waals surface area contributed by atoms with Crippen molar-refractivity contribution in [2.45, 2.75) is 6.92 Å². The number of aryl methyl sites for hydroxylation is 1. The summed E-state index contributed by atoms with van der Waals surface area (Å²) in [6, 6.07) is 15.3. The lowest BCUT2D eigenvalue weighted by Gasteiger charge is -2.20. The monoisotopic (exact) mass is 386 g/mol. The van der Waals surface area contributed by atoms with E-state index in [-0.39, 0.29) is 27.9 Å². The fourth-order valence-corrected chi connectivity index (χ4v) is 3.36. The van der Waals surface area contributed by atoms with Gasteiger partial charge in [-0.2, -0.15) is 0 Å². The molecule has 142 valence electrons. The number of hydrogen-bond acceptors (Lipinski definition) is 5. The number of carbonyl (C=O) groups excluding carboxylic acids is 3. The van der Waals surface area contributed by atoms with Crippen molar-refractivity contribution in [2.24, 2.45) is 0 Å². The van der Waals surface area contributed by atoms with Crippen molar-refractivity contribution in [1.82, 2.24) is 0 Å². The van der Waals surface area contributed by atoms with E-state index in [1.165, 1.54) is 18.2 Å². The number of ketones is 2. The zero-order chi connectivity index (χ0) is 20.7. The highest BCUT2D eigenvalue weighted by molar-refractivity contribution is 6.32. The normalized spacial score (nSPS) is 12.2. The predicted octanol–water partition coefficient (Wildman–Crippen LogP) is 3.93. The van der Waals surface area contributed by atoms with Gasteiger partial charge in [0.05, 0.1) is 16.2 Å². The minimum absolute atomic E-state index is 0.0593. The third-order valence-electron chi connectivity index (χ3n) is 4.81. The molecule has 1 N–H and O–H groups in total. The van der Waals surface area contributed by atoms with Gasteiger partial charge in [0.1, 0.15) is 5.56 Å². The SMILES string of the molecule is Cc1ccc(C(=O)Nc2ccc([N+](=O)[O-])c3c2C(=O)c2ccccc2C3=O)cc1. The van der Waals surface area contributed by atoms with Gasteiger partial charge in [0.15, 0.2) is 5.78 Å². The third kappa shape index (κ3) is 2.98. The molecule has 0 fully saturated rings. The van der Waals surface area contributed by atoms with Crippen LogP contribution in [0.3, 0.4) is 0 Å². The molecule has 0 saturated carbocycles. The summed E-state index contributed by atoms with van der Waals surface area (Å²) >= 11 is 0. The van der Waals surface area contributed by atoms with E-state index >= 15 is 0 Å². The lowest BCUT2D eigenvalue weighted by molar-refractivity contribution is -0.385. The van der Waals surface area contributed by atoms with Gasteiger partial charge in [0, 0.05) is 22.8 Å². The van der Waals surface area contributed by atoms with Crippen molar-refractivity contribution < 1.29 is 19.3 Å². The highest BCUT2D eigenvalue weighted by atomic mass is 16.6. The van der Waals surface area contributed by atoms with E-state index in [2.05, 4.69) is 5.32 Å². The summed E-state index contributed by atoms with van der Waals surface area (Å²) in [6.45, 7) is 1.89. The molecular formula is C22H14N2O5. The van der Waals surface area contributed by atoms with E-state index in [1.807, 2.05) is 6.92 Å². The molecule has 0 aromatic heterocycles. The summed E-state index contributed by atoms with van der Waals surface area (Å²) in [5, 5.41) is 14.1. The third-order valence-corrected chi connectivity index (χ3v) is 4.81. The van der Waals surface area contributed by atoms with E-state index in [9.17, 15) is 24.5 Å². The number of nitro benzene ring substituents is 1. The topological polar surface area (TPSA) is 106 Å². The molecule has 0 heterocycles. The Morgan fingerprint density at radius 2 is 1.45 bits per heavy atom. The molecule has 0 radical (unpaired) electrons. The molecule has 29 heavy (non-hydrogen) atoms. The Kier molecular flexibility index (Phi) is 4.27. The fourth-order valence-electron chi connectivity index (χ4n) is 3.36. The fraction of sp³-hybridized carbons (Fsp3) is 0.0455. The van der Waals surface area contributed by atoms with Crippen LogP contribution in [0.2, 0.25) is 0 Å². The Morgan fingerprint density at radius 1 is 0.862 bits per heavy atom. The molecular weight excluding hydrogens is 372 g/mol. The van der Waals surface area contributed by atoms with Crippen LogP contribution < -0.4 is 5.32 Å². The van der Waals surface area contributed by atoms with Gasteiger partial charge < -0.3 is 5.32 Å². The summed E-state index contributed by atoms with van der Waals surface area (Å²) in [6.07, 6.45) is 0. The van der Waals surface area contributed by atoms with Gasteiger partial charge in [-0.25, -0.2) is 0 Å². The number of nitrogens with zero attached hydrogens (tertiary/aromatic N) is 1. The minimum atomic E-state index is -0.705. The molecule has 7 nitrogen and oxygen atoms in total. The molecule has 3 aromatic carbocycles. The summed E-state index contributed by atoms with van der Waals surface area (Å²) in [5.74, 6) is -1.65. The van der Waals surface area contributed by atoms with Crippen molar-refractivity contribution in [3.63, 3.8) is 0 Å². The zero-order valence-electron chi connectivity index (χ0n) is 15.3. The van der Waals surface area contributed by atoms with Crippen LogP contribution >= 0.6 is 0 Å². The molecule has 1 amide bonds. The van der Waals surface area contributed by atoms with Crippen LogP contribution in [-0.4, -0.2) is 22.4 Å². The average molecular weight is 386 g/mol. The summed E-state index contributed by atoms with van der Waals surface area (Å²) in [5.41, 5.74) is 0.713. The summed E-state index contributed by atoms with van der Waals surface area (Å²) < 4.78 is 0. The van der Waals surface area contributed by atoms with Gasteiger partial charge in [-0.15, -0.1) is 0 Å². The van der Waals surface area contributed by atoms with Crippen LogP contribution in [0.15, 0.2) is 60.7 Å². The maximum Gasteiger partial charge on any atom is 0.281 e. The second-order valence-electron chi connectivity index (χ2n) is 6.66. The van der Waals surface area contributed by atoms with Crippen molar-refractivity contribution in [3.8, 4) is 0 Å². The van der Waals surface area contributed by atoms with Crippen LogP contribution in [0.1, 0.15) is 47.8 Å². The molecule has 4 rings (SSSR count). The molecule has 0 saturated heterocycles. The molecule has 0 aliphatic heterocycles. The van der Waals surface area contributed by atoms with Gasteiger partial charge in [-0.3, -0.25) is 24.5 Å². The van der Waals surface area contributed by atoms with Crippen LogP contribution in [-0.2, 0) is 0 Å². The Labute approximate surface area is 165 Å². The number of rotatable bonds is 3. The second kappa shape index (κ2) is 6.79. The van der Waals surface area contributed by atoms with Gasteiger partial charge >= 0.3 is 0 Å². The first-order valence-electron chi connectivity index (χ1n) is 8.76. The van der Waals surface area contributed by atoms with Gasteiger partial charge in [-0.1, -0.05) is 42.0 Å². The molecule has 7 heteroatoms. The number of fused-ring (bicyclic) bond motifs is 2. The number of anilines is 1. The minimum Gasteiger partial charge on any atom is -0.321 e. The lowest BCUT2D eigenvalue weighted by atomic mass is 9.82. The van der Waals surface area contributed by atoms with E-state index < -0.39 is 28.1 Å². The van der Waals surface area contributed by atoms with Crippen molar-refractivity contribution in [3.05, 3.63) is 104 Å². The highest BCUT2D eigenvalue weighted by Gasteiger charge is 2.37. The van der Waals surface area contributed by atoms with E-state index in [4.69, 9.17) is 0 Å². The number of amides is 1. The maximum absolute atomic E-state index is 13.1. The van der Waals surface area contributed by atoms with Crippen LogP contribution in [0.4, 0.5) is 11.4 Å². The van der Waals surface area contributed by atoms with Gasteiger partial charge in [0.25, 0.3) is 11.6 Å².